The first-order valence-electron chi connectivity index (χ1n) is 8.69. The van der Waals surface area contributed by atoms with Crippen LogP contribution in [0.25, 0.3) is 10.9 Å². The van der Waals surface area contributed by atoms with Gasteiger partial charge in [0.1, 0.15) is 5.82 Å². The summed E-state index contributed by atoms with van der Waals surface area (Å²) in [6.07, 6.45) is 1.69. The van der Waals surface area contributed by atoms with Crippen LogP contribution in [0.2, 0.25) is 5.02 Å². The third-order valence-corrected chi connectivity index (χ3v) is 5.09. The standard InChI is InChI=1S/C18H25ClN4O/c1-3-16-20-15-7-4-6-14(19)17(15)18(24)23(16)9-5-8-22-12-10-21(2)11-13-22/h4,6-7H,3,5,8-13H2,1-2H3. The van der Waals surface area contributed by atoms with Gasteiger partial charge in [0.2, 0.25) is 0 Å². The van der Waals surface area contributed by atoms with Crippen LogP contribution in [0.15, 0.2) is 23.0 Å². The fourth-order valence-electron chi connectivity index (χ4n) is 3.29. The topological polar surface area (TPSA) is 41.4 Å². The van der Waals surface area contributed by atoms with Gasteiger partial charge >= 0.3 is 0 Å². The molecule has 2 aromatic rings. The minimum Gasteiger partial charge on any atom is -0.304 e. The lowest BCUT2D eigenvalue weighted by atomic mass is 10.2. The van der Waals surface area contributed by atoms with Crippen LogP contribution in [-0.4, -0.2) is 59.1 Å². The first-order chi connectivity index (χ1) is 11.6. The summed E-state index contributed by atoms with van der Waals surface area (Å²) in [6.45, 7) is 8.20. The Morgan fingerprint density at radius 2 is 1.92 bits per heavy atom. The molecular weight excluding hydrogens is 324 g/mol. The molecule has 0 amide bonds. The number of nitrogens with zero attached hydrogens (tertiary/aromatic N) is 4. The molecule has 130 valence electrons. The Morgan fingerprint density at radius 3 is 2.62 bits per heavy atom. The van der Waals surface area contributed by atoms with Crippen molar-refractivity contribution in [1.82, 2.24) is 19.4 Å². The zero-order valence-corrected chi connectivity index (χ0v) is 15.2. The third-order valence-electron chi connectivity index (χ3n) is 4.78. The van der Waals surface area contributed by atoms with Crippen LogP contribution in [-0.2, 0) is 13.0 Å². The second kappa shape index (κ2) is 7.64. The van der Waals surface area contributed by atoms with Gasteiger partial charge in [-0.15, -0.1) is 0 Å². The van der Waals surface area contributed by atoms with E-state index in [1.54, 1.807) is 6.07 Å². The normalized spacial score (nSPS) is 16.8. The third kappa shape index (κ3) is 3.63. The molecule has 1 saturated heterocycles. The van der Waals surface area contributed by atoms with Gasteiger partial charge < -0.3 is 9.80 Å². The van der Waals surface area contributed by atoms with E-state index in [0.717, 1.165) is 51.4 Å². The van der Waals surface area contributed by atoms with Crippen molar-refractivity contribution < 1.29 is 0 Å². The van der Waals surface area contributed by atoms with E-state index < -0.39 is 0 Å². The molecule has 1 aromatic heterocycles. The molecule has 1 aliphatic rings. The van der Waals surface area contributed by atoms with E-state index in [-0.39, 0.29) is 5.56 Å². The summed E-state index contributed by atoms with van der Waals surface area (Å²) in [5, 5.41) is 1.02. The molecule has 6 heteroatoms. The zero-order valence-electron chi connectivity index (χ0n) is 14.5. The molecule has 0 radical (unpaired) electrons. The Hall–Kier alpha value is -1.43. The SMILES string of the molecule is CCc1nc2cccc(Cl)c2c(=O)n1CCCN1CCN(C)CC1. The van der Waals surface area contributed by atoms with Crippen molar-refractivity contribution in [2.75, 3.05) is 39.8 Å². The van der Waals surface area contributed by atoms with Crippen LogP contribution in [0, 0.1) is 0 Å². The summed E-state index contributed by atoms with van der Waals surface area (Å²) in [5.41, 5.74) is 0.681. The number of rotatable bonds is 5. The molecule has 1 aromatic carbocycles. The van der Waals surface area contributed by atoms with Crippen molar-refractivity contribution in [3.63, 3.8) is 0 Å². The van der Waals surface area contributed by atoms with Crippen LogP contribution in [0.4, 0.5) is 0 Å². The van der Waals surface area contributed by atoms with Crippen LogP contribution in [0.1, 0.15) is 19.2 Å². The second-order valence-electron chi connectivity index (χ2n) is 6.47. The van der Waals surface area contributed by atoms with Crippen LogP contribution >= 0.6 is 11.6 Å². The van der Waals surface area contributed by atoms with E-state index in [9.17, 15) is 4.79 Å². The predicted octanol–water partition coefficient (Wildman–Crippen LogP) is 2.25. The second-order valence-corrected chi connectivity index (χ2v) is 6.88. The summed E-state index contributed by atoms with van der Waals surface area (Å²) in [4.78, 5) is 22.3. The molecule has 1 fully saturated rings. The maximum absolute atomic E-state index is 12.9. The van der Waals surface area contributed by atoms with Gasteiger partial charge in [-0.2, -0.15) is 0 Å². The number of aromatic nitrogens is 2. The summed E-state index contributed by atoms with van der Waals surface area (Å²) >= 11 is 6.23. The molecule has 0 aliphatic carbocycles. The number of fused-ring (bicyclic) bond motifs is 1. The van der Waals surface area contributed by atoms with E-state index in [1.165, 1.54) is 0 Å². The number of likely N-dealkylation sites (N-methyl/N-ethyl adjacent to an activating group) is 1. The van der Waals surface area contributed by atoms with Crippen molar-refractivity contribution >= 4 is 22.5 Å². The maximum Gasteiger partial charge on any atom is 0.262 e. The minimum absolute atomic E-state index is 0.0131. The van der Waals surface area contributed by atoms with Gasteiger partial charge in [0.25, 0.3) is 5.56 Å². The molecule has 3 rings (SSSR count). The summed E-state index contributed by atoms with van der Waals surface area (Å²) in [5.74, 6) is 0.841. The maximum atomic E-state index is 12.9. The number of aryl methyl sites for hydroxylation is 1. The monoisotopic (exact) mass is 348 g/mol. The molecule has 1 aliphatic heterocycles. The number of hydrogen-bond acceptors (Lipinski definition) is 4. The Morgan fingerprint density at radius 1 is 1.17 bits per heavy atom. The molecule has 0 N–H and O–H groups in total. The lowest BCUT2D eigenvalue weighted by Gasteiger charge is -2.32. The van der Waals surface area contributed by atoms with Crippen molar-refractivity contribution in [1.29, 1.82) is 0 Å². The Labute approximate surface area is 147 Å². The van der Waals surface area contributed by atoms with Gasteiger partial charge in [0, 0.05) is 39.1 Å². The van der Waals surface area contributed by atoms with Crippen molar-refractivity contribution in [2.24, 2.45) is 0 Å². The predicted molar refractivity (Wildman–Crippen MR) is 98.9 cm³/mol. The highest BCUT2D eigenvalue weighted by Crippen LogP contribution is 2.19. The molecule has 2 heterocycles. The number of piperazine rings is 1. The average molecular weight is 349 g/mol. The Kier molecular flexibility index (Phi) is 5.54. The highest BCUT2D eigenvalue weighted by Gasteiger charge is 2.15. The molecule has 0 spiro atoms. The van der Waals surface area contributed by atoms with Crippen molar-refractivity contribution in [2.45, 2.75) is 26.3 Å². The molecule has 24 heavy (non-hydrogen) atoms. The van der Waals surface area contributed by atoms with E-state index in [0.29, 0.717) is 22.5 Å². The molecular formula is C18H25ClN4O. The molecule has 0 bridgehead atoms. The molecule has 0 saturated carbocycles. The first-order valence-corrected chi connectivity index (χ1v) is 9.06. The fraction of sp³-hybridized carbons (Fsp3) is 0.556. The number of halogens is 1. The average Bonchev–Trinajstić information content (AvgIpc) is 2.58. The quantitative estimate of drug-likeness (QED) is 0.831. The van der Waals surface area contributed by atoms with Crippen molar-refractivity contribution in [3.05, 3.63) is 39.4 Å². The highest BCUT2D eigenvalue weighted by atomic mass is 35.5. The zero-order chi connectivity index (χ0) is 17.1. The van der Waals surface area contributed by atoms with Gasteiger partial charge in [-0.3, -0.25) is 9.36 Å². The smallest absolute Gasteiger partial charge is 0.262 e. The van der Waals surface area contributed by atoms with Gasteiger partial charge in [0.05, 0.1) is 15.9 Å². The lowest BCUT2D eigenvalue weighted by molar-refractivity contribution is 0.151. The molecule has 5 nitrogen and oxygen atoms in total. The largest absolute Gasteiger partial charge is 0.304 e. The molecule has 0 atom stereocenters. The summed E-state index contributed by atoms with van der Waals surface area (Å²) in [6, 6.07) is 5.46. The van der Waals surface area contributed by atoms with Gasteiger partial charge in [-0.05, 0) is 32.1 Å². The first kappa shape index (κ1) is 17.4. The van der Waals surface area contributed by atoms with Crippen LogP contribution < -0.4 is 5.56 Å². The van der Waals surface area contributed by atoms with E-state index >= 15 is 0 Å². The van der Waals surface area contributed by atoms with Gasteiger partial charge in [-0.25, -0.2) is 4.98 Å². The van der Waals surface area contributed by atoms with Crippen molar-refractivity contribution in [3.8, 4) is 0 Å². The highest BCUT2D eigenvalue weighted by molar-refractivity contribution is 6.35. The Bertz CT molecular complexity index is 765. The molecule has 0 unspecified atom stereocenters. The number of hydrogen-bond donors (Lipinski definition) is 0. The fourth-order valence-corrected chi connectivity index (χ4v) is 3.54. The minimum atomic E-state index is -0.0131. The van der Waals surface area contributed by atoms with Crippen LogP contribution in [0.5, 0.6) is 0 Å². The van der Waals surface area contributed by atoms with Gasteiger partial charge in [-0.1, -0.05) is 24.6 Å². The van der Waals surface area contributed by atoms with Crippen LogP contribution in [0.3, 0.4) is 0 Å². The van der Waals surface area contributed by atoms with Gasteiger partial charge in [0.15, 0.2) is 0 Å². The lowest BCUT2D eigenvalue weighted by Crippen LogP contribution is -2.44. The number of benzene rings is 1. The van der Waals surface area contributed by atoms with E-state index in [4.69, 9.17) is 11.6 Å². The van der Waals surface area contributed by atoms with E-state index in [1.807, 2.05) is 23.6 Å². The Balaban J connectivity index is 1.77. The summed E-state index contributed by atoms with van der Waals surface area (Å²) in [7, 11) is 2.16. The van der Waals surface area contributed by atoms with E-state index in [2.05, 4.69) is 21.8 Å². The summed E-state index contributed by atoms with van der Waals surface area (Å²) < 4.78 is 1.81.